The van der Waals surface area contributed by atoms with Crippen LogP contribution in [0.5, 0.6) is 0 Å². The number of carbonyl (C=O) groups excluding carboxylic acids is 1. The molecule has 0 saturated carbocycles. The summed E-state index contributed by atoms with van der Waals surface area (Å²) in [4.78, 5) is 12.3. The minimum atomic E-state index is -0.782. The van der Waals surface area contributed by atoms with E-state index in [4.69, 9.17) is 27.9 Å². The van der Waals surface area contributed by atoms with Gasteiger partial charge in [-0.25, -0.2) is 0 Å². The molecular formula is C15H17Cl2N3O2S. The summed E-state index contributed by atoms with van der Waals surface area (Å²) in [6, 6.07) is 6.07. The summed E-state index contributed by atoms with van der Waals surface area (Å²) >= 11 is 13.6. The van der Waals surface area contributed by atoms with Gasteiger partial charge in [0, 0.05) is 5.56 Å². The predicted octanol–water partition coefficient (Wildman–Crippen LogP) is 4.07. The van der Waals surface area contributed by atoms with Crippen molar-refractivity contribution in [2.75, 3.05) is 0 Å². The molecule has 1 fully saturated rings. The van der Waals surface area contributed by atoms with Crippen LogP contribution in [0.2, 0.25) is 0 Å². The number of thioether (sulfide) groups is 1. The SMILES string of the molecule is Cc1ccc(C)c(C2N=NC(NC(=O)C3CC(Cl)SC3Cl)O2)c1. The van der Waals surface area contributed by atoms with Crippen molar-refractivity contribution in [2.45, 2.75) is 42.3 Å². The maximum absolute atomic E-state index is 12.3. The predicted molar refractivity (Wildman–Crippen MR) is 91.5 cm³/mol. The van der Waals surface area contributed by atoms with Gasteiger partial charge in [-0.15, -0.1) is 40.1 Å². The van der Waals surface area contributed by atoms with E-state index in [2.05, 4.69) is 15.5 Å². The van der Waals surface area contributed by atoms with Gasteiger partial charge in [0.05, 0.1) is 15.3 Å². The number of benzene rings is 1. The summed E-state index contributed by atoms with van der Waals surface area (Å²) in [5.41, 5.74) is 3.15. The summed E-state index contributed by atoms with van der Waals surface area (Å²) < 4.78 is 5.26. The molecule has 1 N–H and O–H groups in total. The van der Waals surface area contributed by atoms with Crippen LogP contribution in [0.15, 0.2) is 28.4 Å². The summed E-state index contributed by atoms with van der Waals surface area (Å²) in [6.45, 7) is 4.00. The fourth-order valence-corrected chi connectivity index (χ4v) is 4.87. The minimum absolute atomic E-state index is 0.137. The van der Waals surface area contributed by atoms with E-state index in [1.807, 2.05) is 32.0 Å². The van der Waals surface area contributed by atoms with E-state index in [0.717, 1.165) is 16.7 Å². The van der Waals surface area contributed by atoms with Crippen molar-refractivity contribution in [2.24, 2.45) is 16.1 Å². The lowest BCUT2D eigenvalue weighted by atomic mass is 10.0. The van der Waals surface area contributed by atoms with Gasteiger partial charge in [-0.1, -0.05) is 23.8 Å². The Hall–Kier alpha value is -0.820. The summed E-state index contributed by atoms with van der Waals surface area (Å²) in [5, 5.41) is 10.9. The van der Waals surface area contributed by atoms with Gasteiger partial charge in [-0.3, -0.25) is 4.79 Å². The first kappa shape index (κ1) is 17.0. The van der Waals surface area contributed by atoms with Gasteiger partial charge in [-0.05, 0) is 25.8 Å². The Labute approximate surface area is 149 Å². The molecule has 1 saturated heterocycles. The highest BCUT2D eigenvalue weighted by Crippen LogP contribution is 2.43. The lowest BCUT2D eigenvalue weighted by molar-refractivity contribution is -0.129. The fourth-order valence-electron chi connectivity index (χ4n) is 2.57. The number of nitrogens with one attached hydrogen (secondary N) is 1. The van der Waals surface area contributed by atoms with Crippen LogP contribution in [-0.4, -0.2) is 21.7 Å². The Morgan fingerprint density at radius 1 is 1.35 bits per heavy atom. The molecule has 0 radical (unpaired) electrons. The zero-order valence-electron chi connectivity index (χ0n) is 12.7. The maximum Gasteiger partial charge on any atom is 0.249 e. The van der Waals surface area contributed by atoms with E-state index in [1.165, 1.54) is 11.8 Å². The van der Waals surface area contributed by atoms with Crippen LogP contribution in [0, 0.1) is 19.8 Å². The highest BCUT2D eigenvalue weighted by Gasteiger charge is 2.39. The number of halogens is 2. The number of aryl methyl sites for hydroxylation is 2. The second kappa shape index (κ2) is 6.97. The maximum atomic E-state index is 12.3. The lowest BCUT2D eigenvalue weighted by Crippen LogP contribution is -2.39. The average molecular weight is 374 g/mol. The van der Waals surface area contributed by atoms with Crippen molar-refractivity contribution < 1.29 is 9.53 Å². The van der Waals surface area contributed by atoms with Gasteiger partial charge in [-0.2, -0.15) is 5.11 Å². The highest BCUT2D eigenvalue weighted by molar-refractivity contribution is 8.03. The quantitative estimate of drug-likeness (QED) is 0.812. The first-order valence-electron chi connectivity index (χ1n) is 7.30. The molecule has 3 rings (SSSR count). The van der Waals surface area contributed by atoms with E-state index in [1.54, 1.807) is 0 Å². The monoisotopic (exact) mass is 373 g/mol. The molecule has 124 valence electrons. The molecule has 2 heterocycles. The molecule has 1 aromatic rings. The normalized spacial score (nSPS) is 33.1. The van der Waals surface area contributed by atoms with Crippen molar-refractivity contribution in [3.8, 4) is 0 Å². The van der Waals surface area contributed by atoms with Crippen LogP contribution in [0.1, 0.15) is 29.3 Å². The van der Waals surface area contributed by atoms with Crippen LogP contribution in [0.3, 0.4) is 0 Å². The smallest absolute Gasteiger partial charge is 0.249 e. The Kier molecular flexibility index (Phi) is 5.16. The van der Waals surface area contributed by atoms with E-state index in [9.17, 15) is 4.79 Å². The van der Waals surface area contributed by atoms with Crippen LogP contribution in [0.25, 0.3) is 0 Å². The standard InChI is InChI=1S/C15H17Cl2N3O2S/c1-7-3-4-8(2)9(5-7)14-19-20-15(22-14)18-13(21)10-6-11(16)23-12(10)17/h3-5,10-12,14-15H,6H2,1-2H3,(H,18,21). The molecule has 0 spiro atoms. The Morgan fingerprint density at radius 3 is 2.83 bits per heavy atom. The molecule has 5 atom stereocenters. The molecule has 5 nitrogen and oxygen atoms in total. The Morgan fingerprint density at radius 2 is 2.13 bits per heavy atom. The second-order valence-corrected chi connectivity index (χ2v) is 8.54. The van der Waals surface area contributed by atoms with E-state index in [-0.39, 0.29) is 21.2 Å². The van der Waals surface area contributed by atoms with Gasteiger partial charge in [0.1, 0.15) is 0 Å². The Bertz CT molecular complexity index is 643. The highest BCUT2D eigenvalue weighted by atomic mass is 35.5. The van der Waals surface area contributed by atoms with Crippen molar-refractivity contribution in [1.82, 2.24) is 5.32 Å². The van der Waals surface area contributed by atoms with Crippen molar-refractivity contribution >= 4 is 40.9 Å². The van der Waals surface area contributed by atoms with Crippen molar-refractivity contribution in [1.29, 1.82) is 0 Å². The van der Waals surface area contributed by atoms with Gasteiger partial charge in [0.15, 0.2) is 6.23 Å². The number of hydrogen-bond acceptors (Lipinski definition) is 5. The molecule has 1 amide bonds. The van der Waals surface area contributed by atoms with E-state index < -0.39 is 12.6 Å². The first-order chi connectivity index (χ1) is 10.9. The van der Waals surface area contributed by atoms with Crippen LogP contribution >= 0.6 is 35.0 Å². The largest absolute Gasteiger partial charge is 0.310 e. The zero-order chi connectivity index (χ0) is 16.6. The number of hydrogen-bond donors (Lipinski definition) is 1. The fraction of sp³-hybridized carbons (Fsp3) is 0.533. The summed E-state index contributed by atoms with van der Waals surface area (Å²) in [5.74, 6) is -0.547. The van der Waals surface area contributed by atoms with Crippen LogP contribution < -0.4 is 5.32 Å². The van der Waals surface area contributed by atoms with Gasteiger partial charge >= 0.3 is 0 Å². The summed E-state index contributed by atoms with van der Waals surface area (Å²) in [7, 11) is 0. The number of amides is 1. The van der Waals surface area contributed by atoms with Gasteiger partial charge in [0.2, 0.25) is 12.3 Å². The third kappa shape index (κ3) is 3.82. The van der Waals surface area contributed by atoms with Gasteiger partial charge < -0.3 is 10.1 Å². The van der Waals surface area contributed by atoms with Crippen LogP contribution in [-0.2, 0) is 9.53 Å². The molecular weight excluding hydrogens is 357 g/mol. The molecule has 0 bridgehead atoms. The molecule has 23 heavy (non-hydrogen) atoms. The molecule has 8 heteroatoms. The van der Waals surface area contributed by atoms with E-state index in [0.29, 0.717) is 6.42 Å². The minimum Gasteiger partial charge on any atom is -0.310 e. The average Bonchev–Trinajstić information content (AvgIpc) is 3.08. The molecule has 2 aliphatic heterocycles. The van der Waals surface area contributed by atoms with Crippen LogP contribution in [0.4, 0.5) is 0 Å². The number of ether oxygens (including phenoxy) is 1. The van der Waals surface area contributed by atoms with E-state index >= 15 is 0 Å². The molecule has 0 aromatic heterocycles. The molecule has 5 unspecified atom stereocenters. The number of nitrogens with zero attached hydrogens (tertiary/aromatic N) is 2. The third-order valence-electron chi connectivity index (χ3n) is 3.87. The van der Waals surface area contributed by atoms with Gasteiger partial charge in [0.25, 0.3) is 0 Å². The lowest BCUT2D eigenvalue weighted by Gasteiger charge is -2.17. The summed E-state index contributed by atoms with van der Waals surface area (Å²) in [6.07, 6.45) is -0.738. The third-order valence-corrected chi connectivity index (χ3v) is 6.05. The zero-order valence-corrected chi connectivity index (χ0v) is 15.0. The van der Waals surface area contributed by atoms with Crippen molar-refractivity contribution in [3.63, 3.8) is 0 Å². The number of alkyl halides is 2. The number of carbonyl (C=O) groups is 1. The Balaban J connectivity index is 1.61. The molecule has 1 aromatic carbocycles. The first-order valence-corrected chi connectivity index (χ1v) is 9.12. The second-order valence-electron chi connectivity index (χ2n) is 5.68. The number of rotatable bonds is 3. The molecule has 0 aliphatic carbocycles. The topological polar surface area (TPSA) is 63.0 Å². The van der Waals surface area contributed by atoms with Crippen molar-refractivity contribution in [3.05, 3.63) is 34.9 Å². The molecule has 2 aliphatic rings. The number of azo groups is 1.